The second-order valence-electron chi connectivity index (χ2n) is 5.71. The zero-order valence-corrected chi connectivity index (χ0v) is 14.7. The normalized spacial score (nSPS) is 10.7. The number of hydrogen-bond donors (Lipinski definition) is 1. The van der Waals surface area contributed by atoms with Crippen molar-refractivity contribution < 1.29 is 14.2 Å². The predicted octanol–water partition coefficient (Wildman–Crippen LogP) is 4.32. The molecule has 0 aliphatic carbocycles. The third-order valence-electron chi connectivity index (χ3n) is 3.90. The van der Waals surface area contributed by atoms with Crippen LogP contribution in [0.3, 0.4) is 0 Å². The van der Waals surface area contributed by atoms with E-state index in [0.29, 0.717) is 19.0 Å². The molecule has 2 aromatic carbocycles. The summed E-state index contributed by atoms with van der Waals surface area (Å²) in [6.07, 6.45) is 1.80. The molecule has 0 radical (unpaired) electrons. The molecule has 130 valence electrons. The Bertz CT molecular complexity index is 865. The van der Waals surface area contributed by atoms with E-state index >= 15 is 0 Å². The Morgan fingerprint density at radius 1 is 0.960 bits per heavy atom. The Balaban J connectivity index is 1.87. The van der Waals surface area contributed by atoms with Crippen molar-refractivity contribution >= 4 is 22.3 Å². The molecule has 0 amide bonds. The van der Waals surface area contributed by atoms with Crippen LogP contribution in [0.25, 0.3) is 10.9 Å². The zero-order valence-electron chi connectivity index (χ0n) is 14.7. The molecule has 5 nitrogen and oxygen atoms in total. The molecule has 1 aromatic heterocycles. The molecule has 3 aromatic rings. The summed E-state index contributed by atoms with van der Waals surface area (Å²) in [5.74, 6) is 1.46. The smallest absolute Gasteiger partial charge is 0.145 e. The molecule has 5 heteroatoms. The Labute approximate surface area is 147 Å². The Kier molecular flexibility index (Phi) is 5.36. The first-order valence-electron chi connectivity index (χ1n) is 8.13. The van der Waals surface area contributed by atoms with Crippen LogP contribution in [-0.4, -0.2) is 32.4 Å². The lowest BCUT2D eigenvalue weighted by Crippen LogP contribution is -2.04. The van der Waals surface area contributed by atoms with E-state index in [2.05, 4.69) is 35.4 Å². The third-order valence-corrected chi connectivity index (χ3v) is 3.90. The van der Waals surface area contributed by atoms with E-state index in [1.165, 1.54) is 5.56 Å². The lowest BCUT2D eigenvalue weighted by atomic mass is 10.1. The van der Waals surface area contributed by atoms with Gasteiger partial charge >= 0.3 is 0 Å². The first-order valence-corrected chi connectivity index (χ1v) is 8.13. The van der Waals surface area contributed by atoms with Gasteiger partial charge in [-0.15, -0.1) is 0 Å². The van der Waals surface area contributed by atoms with Crippen molar-refractivity contribution in [2.75, 3.05) is 32.8 Å². The maximum absolute atomic E-state index is 5.63. The van der Waals surface area contributed by atoms with E-state index in [1.807, 2.05) is 24.3 Å². The van der Waals surface area contributed by atoms with Gasteiger partial charge in [-0.25, -0.2) is 0 Å². The number of hydrogen-bond acceptors (Lipinski definition) is 5. The number of pyridine rings is 1. The second-order valence-corrected chi connectivity index (χ2v) is 5.71. The SMILES string of the molecule is COCCOc1ccc(Nc2ccnc3cc(C)ccc23)c(OC)c1. The number of aromatic nitrogens is 1. The molecule has 0 fully saturated rings. The molecule has 0 atom stereocenters. The summed E-state index contributed by atoms with van der Waals surface area (Å²) in [5, 5.41) is 4.50. The van der Waals surface area contributed by atoms with Crippen molar-refractivity contribution in [3.8, 4) is 11.5 Å². The minimum absolute atomic E-state index is 0.501. The van der Waals surface area contributed by atoms with Crippen molar-refractivity contribution in [1.82, 2.24) is 4.98 Å². The van der Waals surface area contributed by atoms with Crippen molar-refractivity contribution in [2.24, 2.45) is 0 Å². The van der Waals surface area contributed by atoms with E-state index in [9.17, 15) is 0 Å². The van der Waals surface area contributed by atoms with Crippen molar-refractivity contribution in [3.63, 3.8) is 0 Å². The van der Waals surface area contributed by atoms with Crippen LogP contribution in [0.4, 0.5) is 11.4 Å². The quantitative estimate of drug-likeness (QED) is 0.650. The molecule has 25 heavy (non-hydrogen) atoms. The van der Waals surface area contributed by atoms with Crippen LogP contribution >= 0.6 is 0 Å². The number of anilines is 2. The third kappa shape index (κ3) is 4.00. The molecular weight excluding hydrogens is 316 g/mol. The largest absolute Gasteiger partial charge is 0.494 e. The number of fused-ring (bicyclic) bond motifs is 1. The molecule has 0 bridgehead atoms. The van der Waals surface area contributed by atoms with Crippen molar-refractivity contribution in [1.29, 1.82) is 0 Å². The van der Waals surface area contributed by atoms with Gasteiger partial charge in [0.2, 0.25) is 0 Å². The van der Waals surface area contributed by atoms with Crippen molar-refractivity contribution in [3.05, 3.63) is 54.2 Å². The van der Waals surface area contributed by atoms with Crippen molar-refractivity contribution in [2.45, 2.75) is 6.92 Å². The summed E-state index contributed by atoms with van der Waals surface area (Å²) in [6.45, 7) is 3.11. The molecule has 0 saturated carbocycles. The van der Waals surface area contributed by atoms with Crippen LogP contribution in [0.2, 0.25) is 0 Å². The lowest BCUT2D eigenvalue weighted by Gasteiger charge is -2.15. The minimum atomic E-state index is 0.501. The molecule has 1 heterocycles. The van der Waals surface area contributed by atoms with E-state index in [1.54, 1.807) is 20.4 Å². The Morgan fingerprint density at radius 3 is 2.64 bits per heavy atom. The Hall–Kier alpha value is -2.79. The van der Waals surface area contributed by atoms with Gasteiger partial charge in [-0.05, 0) is 36.8 Å². The van der Waals surface area contributed by atoms with Crippen LogP contribution in [0.5, 0.6) is 11.5 Å². The monoisotopic (exact) mass is 338 g/mol. The number of methoxy groups -OCH3 is 2. The van der Waals surface area contributed by atoms with Gasteiger partial charge in [0, 0.05) is 30.4 Å². The van der Waals surface area contributed by atoms with Crippen LogP contribution in [0, 0.1) is 6.92 Å². The fourth-order valence-corrected chi connectivity index (χ4v) is 2.62. The highest BCUT2D eigenvalue weighted by Gasteiger charge is 2.08. The van der Waals surface area contributed by atoms with Crippen LogP contribution < -0.4 is 14.8 Å². The summed E-state index contributed by atoms with van der Waals surface area (Å²) in [4.78, 5) is 4.44. The fourth-order valence-electron chi connectivity index (χ4n) is 2.62. The Morgan fingerprint density at radius 2 is 1.84 bits per heavy atom. The molecule has 0 unspecified atom stereocenters. The second kappa shape index (κ2) is 7.85. The van der Waals surface area contributed by atoms with Crippen LogP contribution in [0.15, 0.2) is 48.7 Å². The highest BCUT2D eigenvalue weighted by molar-refractivity contribution is 5.93. The molecule has 0 saturated heterocycles. The maximum atomic E-state index is 5.63. The molecule has 3 rings (SSSR count). The highest BCUT2D eigenvalue weighted by atomic mass is 16.5. The summed E-state index contributed by atoms with van der Waals surface area (Å²) in [5.41, 5.74) is 4.00. The van der Waals surface area contributed by atoms with Gasteiger partial charge in [0.1, 0.15) is 18.1 Å². The van der Waals surface area contributed by atoms with Gasteiger partial charge in [0.05, 0.1) is 24.9 Å². The fraction of sp³-hybridized carbons (Fsp3) is 0.250. The highest BCUT2D eigenvalue weighted by Crippen LogP contribution is 2.33. The van der Waals surface area contributed by atoms with E-state index in [-0.39, 0.29) is 0 Å². The van der Waals surface area contributed by atoms with Crippen LogP contribution in [0.1, 0.15) is 5.56 Å². The average Bonchev–Trinajstić information content (AvgIpc) is 2.63. The molecule has 0 aliphatic heterocycles. The summed E-state index contributed by atoms with van der Waals surface area (Å²) in [6, 6.07) is 13.9. The topological polar surface area (TPSA) is 52.6 Å². The van der Waals surface area contributed by atoms with E-state index in [4.69, 9.17) is 14.2 Å². The van der Waals surface area contributed by atoms with E-state index in [0.717, 1.165) is 28.0 Å². The minimum Gasteiger partial charge on any atom is -0.494 e. The van der Waals surface area contributed by atoms with Crippen LogP contribution in [-0.2, 0) is 4.74 Å². The van der Waals surface area contributed by atoms with Gasteiger partial charge in [0.25, 0.3) is 0 Å². The van der Waals surface area contributed by atoms with Gasteiger partial charge in [-0.2, -0.15) is 0 Å². The summed E-state index contributed by atoms with van der Waals surface area (Å²) in [7, 11) is 3.30. The lowest BCUT2D eigenvalue weighted by molar-refractivity contribution is 0.146. The first-order chi connectivity index (χ1) is 12.2. The van der Waals surface area contributed by atoms with Gasteiger partial charge in [0.15, 0.2) is 0 Å². The molecule has 0 aliphatic rings. The first kappa shape index (κ1) is 17.0. The molecular formula is C20H22N2O3. The molecule has 1 N–H and O–H groups in total. The number of benzene rings is 2. The predicted molar refractivity (Wildman–Crippen MR) is 100 cm³/mol. The number of ether oxygens (including phenoxy) is 3. The number of nitrogens with zero attached hydrogens (tertiary/aromatic N) is 1. The van der Waals surface area contributed by atoms with Gasteiger partial charge in [-0.3, -0.25) is 4.98 Å². The summed E-state index contributed by atoms with van der Waals surface area (Å²) < 4.78 is 16.1. The zero-order chi connectivity index (χ0) is 17.6. The summed E-state index contributed by atoms with van der Waals surface area (Å²) >= 11 is 0. The van der Waals surface area contributed by atoms with Gasteiger partial charge in [-0.1, -0.05) is 12.1 Å². The number of aryl methyl sites for hydroxylation is 1. The number of rotatable bonds is 7. The number of nitrogens with one attached hydrogen (secondary N) is 1. The average molecular weight is 338 g/mol. The van der Waals surface area contributed by atoms with E-state index < -0.39 is 0 Å². The maximum Gasteiger partial charge on any atom is 0.145 e. The molecule has 0 spiro atoms. The van der Waals surface area contributed by atoms with Gasteiger partial charge < -0.3 is 19.5 Å². The standard InChI is InChI=1S/C20H22N2O3/c1-14-4-6-16-17(8-9-21-19(16)12-14)22-18-7-5-15(13-20(18)24-3)25-11-10-23-2/h4-9,12-13H,10-11H2,1-3H3,(H,21,22).